The van der Waals surface area contributed by atoms with Crippen molar-refractivity contribution >= 4 is 5.91 Å². The van der Waals surface area contributed by atoms with Crippen molar-refractivity contribution in [3.63, 3.8) is 0 Å². The Balaban J connectivity index is 3.62. The van der Waals surface area contributed by atoms with Crippen molar-refractivity contribution in [2.75, 3.05) is 6.61 Å². The first-order valence-corrected chi connectivity index (χ1v) is 10.8. The van der Waals surface area contributed by atoms with Gasteiger partial charge in [0, 0.05) is 5.92 Å². The van der Waals surface area contributed by atoms with E-state index in [0.29, 0.717) is 0 Å². The van der Waals surface area contributed by atoms with Gasteiger partial charge in [-0.1, -0.05) is 97.1 Å². The predicted octanol–water partition coefficient (Wildman–Crippen LogP) is 4.74. The van der Waals surface area contributed by atoms with Crippen LogP contribution in [0.15, 0.2) is 12.2 Å². The number of amides is 1. The minimum atomic E-state index is -0.838. The second kappa shape index (κ2) is 17.5. The number of nitrogens with one attached hydrogen (secondary N) is 1. The lowest BCUT2D eigenvalue weighted by Crippen LogP contribution is -2.46. The molecule has 1 amide bonds. The smallest absolute Gasteiger partial charge is 0.222 e. The fourth-order valence-corrected chi connectivity index (χ4v) is 2.88. The van der Waals surface area contributed by atoms with Crippen molar-refractivity contribution < 1.29 is 15.0 Å². The molecule has 154 valence electrons. The van der Waals surface area contributed by atoms with Crippen LogP contribution in [0.4, 0.5) is 0 Å². The number of rotatable bonds is 17. The number of unbranched alkanes of at least 4 members (excludes halogenated alkanes) is 11. The van der Waals surface area contributed by atoms with Crippen LogP contribution in [0.5, 0.6) is 0 Å². The SMILES string of the molecule is CCCCCCCCCCCCC/C=C/C(O)C(CO)NC(=O)C(C)C. The second-order valence-corrected chi connectivity index (χ2v) is 7.70. The molecule has 0 aromatic rings. The number of allylic oxidation sites excluding steroid dienone is 1. The van der Waals surface area contributed by atoms with Crippen LogP contribution in [0, 0.1) is 5.92 Å². The largest absolute Gasteiger partial charge is 0.394 e. The third-order valence-corrected chi connectivity index (χ3v) is 4.77. The predicted molar refractivity (Wildman–Crippen MR) is 110 cm³/mol. The molecule has 4 nitrogen and oxygen atoms in total. The molecule has 0 aliphatic rings. The Hall–Kier alpha value is -0.870. The van der Waals surface area contributed by atoms with Gasteiger partial charge in [-0.25, -0.2) is 0 Å². The Morgan fingerprint density at radius 2 is 1.42 bits per heavy atom. The Morgan fingerprint density at radius 1 is 0.923 bits per heavy atom. The van der Waals surface area contributed by atoms with Gasteiger partial charge in [0.15, 0.2) is 0 Å². The number of carbonyl (C=O) groups excluding carboxylic acids is 1. The van der Waals surface area contributed by atoms with Gasteiger partial charge in [-0.2, -0.15) is 0 Å². The van der Waals surface area contributed by atoms with E-state index in [4.69, 9.17) is 0 Å². The van der Waals surface area contributed by atoms with Crippen LogP contribution in [0.2, 0.25) is 0 Å². The molecule has 0 fully saturated rings. The lowest BCUT2D eigenvalue weighted by Gasteiger charge is -2.21. The van der Waals surface area contributed by atoms with E-state index < -0.39 is 12.1 Å². The lowest BCUT2D eigenvalue weighted by atomic mass is 10.0. The van der Waals surface area contributed by atoms with E-state index in [1.807, 2.05) is 6.08 Å². The maximum absolute atomic E-state index is 11.6. The Kier molecular flexibility index (Phi) is 17.0. The summed E-state index contributed by atoms with van der Waals surface area (Å²) >= 11 is 0. The third kappa shape index (κ3) is 14.3. The summed E-state index contributed by atoms with van der Waals surface area (Å²) in [6.07, 6.45) is 18.3. The highest BCUT2D eigenvalue weighted by Gasteiger charge is 2.19. The van der Waals surface area contributed by atoms with Crippen LogP contribution in [0.1, 0.15) is 97.8 Å². The normalized spacial score (nSPS) is 14.1. The fourth-order valence-electron chi connectivity index (χ4n) is 2.88. The first kappa shape index (κ1) is 25.1. The van der Waals surface area contributed by atoms with Gasteiger partial charge < -0.3 is 15.5 Å². The maximum atomic E-state index is 11.6. The summed E-state index contributed by atoms with van der Waals surface area (Å²) in [6, 6.07) is -0.626. The van der Waals surface area contributed by atoms with Gasteiger partial charge in [-0.3, -0.25) is 4.79 Å². The van der Waals surface area contributed by atoms with E-state index >= 15 is 0 Å². The van der Waals surface area contributed by atoms with Crippen molar-refractivity contribution in [2.45, 2.75) is 110 Å². The van der Waals surface area contributed by atoms with Gasteiger partial charge in [0.05, 0.1) is 18.8 Å². The molecule has 0 saturated carbocycles. The number of hydrogen-bond donors (Lipinski definition) is 3. The molecular weight excluding hydrogens is 326 g/mol. The molecule has 2 unspecified atom stereocenters. The molecule has 0 aromatic heterocycles. The summed E-state index contributed by atoms with van der Waals surface area (Å²) in [6.45, 7) is 5.57. The molecule has 0 aliphatic carbocycles. The fraction of sp³-hybridized carbons (Fsp3) is 0.864. The number of aliphatic hydroxyl groups is 2. The van der Waals surface area contributed by atoms with Gasteiger partial charge in [0.25, 0.3) is 0 Å². The number of carbonyl (C=O) groups is 1. The van der Waals surface area contributed by atoms with E-state index in [2.05, 4.69) is 12.2 Å². The molecule has 0 heterocycles. The molecule has 3 N–H and O–H groups in total. The average molecular weight is 370 g/mol. The van der Waals surface area contributed by atoms with E-state index in [1.165, 1.54) is 64.2 Å². The molecule has 4 heteroatoms. The maximum Gasteiger partial charge on any atom is 0.222 e. The molecule has 26 heavy (non-hydrogen) atoms. The van der Waals surface area contributed by atoms with Gasteiger partial charge in [0.2, 0.25) is 5.91 Å². The van der Waals surface area contributed by atoms with Gasteiger partial charge in [0.1, 0.15) is 0 Å². The van der Waals surface area contributed by atoms with E-state index in [-0.39, 0.29) is 18.4 Å². The van der Waals surface area contributed by atoms with Crippen LogP contribution >= 0.6 is 0 Å². The van der Waals surface area contributed by atoms with Crippen molar-refractivity contribution in [3.05, 3.63) is 12.2 Å². The van der Waals surface area contributed by atoms with Gasteiger partial charge in [-0.05, 0) is 12.8 Å². The first-order chi connectivity index (χ1) is 12.5. The molecule has 0 radical (unpaired) electrons. The average Bonchev–Trinajstić information content (AvgIpc) is 2.62. The standard InChI is InChI=1S/C22H43NO3/c1-4-5-6-7-8-9-10-11-12-13-14-15-16-17-21(25)20(18-24)23-22(26)19(2)3/h16-17,19-21,24-25H,4-15,18H2,1-3H3,(H,23,26)/b17-16+. The summed E-state index contributed by atoms with van der Waals surface area (Å²) in [5.74, 6) is -0.307. The Morgan fingerprint density at radius 3 is 1.88 bits per heavy atom. The Labute approximate surface area is 161 Å². The van der Waals surface area contributed by atoms with Crippen LogP contribution in [-0.2, 0) is 4.79 Å². The molecular formula is C22H43NO3. The molecule has 0 aliphatic heterocycles. The zero-order chi connectivity index (χ0) is 19.6. The molecule has 0 spiro atoms. The first-order valence-electron chi connectivity index (χ1n) is 10.8. The van der Waals surface area contributed by atoms with Crippen LogP contribution < -0.4 is 5.32 Å². The summed E-state index contributed by atoms with van der Waals surface area (Å²) in [5, 5.41) is 22.0. The van der Waals surface area contributed by atoms with E-state index in [0.717, 1.165) is 12.8 Å². The number of aliphatic hydroxyl groups excluding tert-OH is 2. The molecule has 0 aromatic carbocycles. The highest BCUT2D eigenvalue weighted by molar-refractivity contribution is 5.78. The zero-order valence-corrected chi connectivity index (χ0v) is 17.4. The summed E-state index contributed by atoms with van der Waals surface area (Å²) < 4.78 is 0. The lowest BCUT2D eigenvalue weighted by molar-refractivity contribution is -0.125. The van der Waals surface area contributed by atoms with Crippen LogP contribution in [0.25, 0.3) is 0 Å². The summed E-state index contributed by atoms with van der Waals surface area (Å²) in [7, 11) is 0. The third-order valence-electron chi connectivity index (χ3n) is 4.77. The van der Waals surface area contributed by atoms with E-state index in [1.54, 1.807) is 19.9 Å². The van der Waals surface area contributed by atoms with Crippen LogP contribution in [-0.4, -0.2) is 34.9 Å². The zero-order valence-electron chi connectivity index (χ0n) is 17.4. The molecule has 0 bridgehead atoms. The van der Waals surface area contributed by atoms with Crippen molar-refractivity contribution in [2.24, 2.45) is 5.92 Å². The minimum Gasteiger partial charge on any atom is -0.394 e. The quantitative estimate of drug-likeness (QED) is 0.256. The summed E-state index contributed by atoms with van der Waals surface area (Å²) in [5.41, 5.74) is 0. The van der Waals surface area contributed by atoms with Gasteiger partial charge >= 0.3 is 0 Å². The highest BCUT2D eigenvalue weighted by atomic mass is 16.3. The molecule has 0 rings (SSSR count). The Bertz CT molecular complexity index is 355. The van der Waals surface area contributed by atoms with Gasteiger partial charge in [-0.15, -0.1) is 0 Å². The van der Waals surface area contributed by atoms with E-state index in [9.17, 15) is 15.0 Å². The monoisotopic (exact) mass is 369 g/mol. The molecule has 0 saturated heterocycles. The highest BCUT2D eigenvalue weighted by Crippen LogP contribution is 2.12. The molecule has 2 atom stereocenters. The van der Waals surface area contributed by atoms with Crippen LogP contribution in [0.3, 0.4) is 0 Å². The van der Waals surface area contributed by atoms with Crippen molar-refractivity contribution in [3.8, 4) is 0 Å². The second-order valence-electron chi connectivity index (χ2n) is 7.70. The topological polar surface area (TPSA) is 69.6 Å². The van der Waals surface area contributed by atoms with Crippen molar-refractivity contribution in [1.29, 1.82) is 0 Å². The minimum absolute atomic E-state index is 0.151. The summed E-state index contributed by atoms with van der Waals surface area (Å²) in [4.78, 5) is 11.6. The van der Waals surface area contributed by atoms with Crippen molar-refractivity contribution in [1.82, 2.24) is 5.32 Å². The number of hydrogen-bond acceptors (Lipinski definition) is 3.